The molecule has 0 saturated carbocycles. The van der Waals surface area contributed by atoms with Gasteiger partial charge in [0.25, 0.3) is 0 Å². The van der Waals surface area contributed by atoms with E-state index in [4.69, 9.17) is 11.6 Å². The third-order valence-corrected chi connectivity index (χ3v) is 3.94. The number of benzene rings is 1. The summed E-state index contributed by atoms with van der Waals surface area (Å²) < 4.78 is 30.0. The molecule has 0 aliphatic heterocycles. The quantitative estimate of drug-likeness (QED) is 0.617. The molecule has 0 saturated heterocycles. The second-order valence-corrected chi connectivity index (χ2v) is 5.99. The SMILES string of the molecule is COC(=O)CCCS(=O)(=O)Nc1cccc(Cl)c1O. The van der Waals surface area contributed by atoms with Crippen molar-refractivity contribution < 1.29 is 23.1 Å². The molecule has 0 unspecified atom stereocenters. The van der Waals surface area contributed by atoms with Gasteiger partial charge in [-0.1, -0.05) is 17.7 Å². The van der Waals surface area contributed by atoms with E-state index < -0.39 is 16.0 Å². The van der Waals surface area contributed by atoms with Crippen LogP contribution in [-0.2, 0) is 19.6 Å². The lowest BCUT2D eigenvalue weighted by molar-refractivity contribution is -0.140. The van der Waals surface area contributed by atoms with E-state index in [0.29, 0.717) is 0 Å². The molecule has 0 spiro atoms. The van der Waals surface area contributed by atoms with E-state index in [-0.39, 0.29) is 35.1 Å². The molecule has 0 aliphatic carbocycles. The minimum atomic E-state index is -3.65. The predicted molar refractivity (Wildman–Crippen MR) is 71.8 cm³/mol. The Morgan fingerprint density at radius 2 is 2.16 bits per heavy atom. The number of aromatic hydroxyl groups is 1. The first-order valence-electron chi connectivity index (χ1n) is 5.40. The van der Waals surface area contributed by atoms with E-state index in [0.717, 1.165) is 0 Å². The minimum absolute atomic E-state index is 0.00516. The first-order chi connectivity index (χ1) is 8.85. The number of rotatable bonds is 6. The molecule has 0 fully saturated rings. The van der Waals surface area contributed by atoms with E-state index in [1.54, 1.807) is 0 Å². The number of hydrogen-bond acceptors (Lipinski definition) is 5. The zero-order valence-corrected chi connectivity index (χ0v) is 11.8. The molecule has 0 aliphatic rings. The average molecular weight is 308 g/mol. The van der Waals surface area contributed by atoms with E-state index >= 15 is 0 Å². The standard InChI is InChI=1S/C11H14ClNO5S/c1-18-10(14)6-3-7-19(16,17)13-9-5-2-4-8(12)11(9)15/h2,4-5,13,15H,3,6-7H2,1H3. The fourth-order valence-corrected chi connectivity index (χ4v) is 2.63. The van der Waals surface area contributed by atoms with Gasteiger partial charge in [-0.05, 0) is 18.6 Å². The van der Waals surface area contributed by atoms with Crippen LogP contribution in [0.25, 0.3) is 0 Å². The number of anilines is 1. The first kappa shape index (κ1) is 15.6. The predicted octanol–water partition coefficient (Wildman–Crippen LogP) is 1.74. The van der Waals surface area contributed by atoms with E-state index in [1.165, 1.54) is 25.3 Å². The van der Waals surface area contributed by atoms with Crippen LogP contribution < -0.4 is 4.72 Å². The van der Waals surface area contributed by atoms with Gasteiger partial charge in [0.15, 0.2) is 5.75 Å². The number of esters is 1. The van der Waals surface area contributed by atoms with Crippen LogP contribution >= 0.6 is 11.6 Å². The maximum atomic E-state index is 11.7. The number of para-hydroxylation sites is 1. The molecule has 0 atom stereocenters. The van der Waals surface area contributed by atoms with Gasteiger partial charge in [-0.15, -0.1) is 0 Å². The Hall–Kier alpha value is -1.47. The number of phenols is 1. The molecule has 19 heavy (non-hydrogen) atoms. The monoisotopic (exact) mass is 307 g/mol. The molecule has 106 valence electrons. The summed E-state index contributed by atoms with van der Waals surface area (Å²) in [5.74, 6) is -1.06. The Labute approximate surface area is 116 Å². The molecule has 6 nitrogen and oxygen atoms in total. The fourth-order valence-electron chi connectivity index (χ4n) is 1.32. The number of carbonyl (C=O) groups is 1. The number of phenolic OH excluding ortho intramolecular Hbond substituents is 1. The third-order valence-electron chi connectivity index (χ3n) is 2.27. The van der Waals surface area contributed by atoms with Gasteiger partial charge >= 0.3 is 5.97 Å². The number of nitrogens with one attached hydrogen (secondary N) is 1. The second-order valence-electron chi connectivity index (χ2n) is 3.74. The van der Waals surface area contributed by atoms with Crippen molar-refractivity contribution in [3.63, 3.8) is 0 Å². The lowest BCUT2D eigenvalue weighted by Gasteiger charge is -2.09. The van der Waals surface area contributed by atoms with E-state index in [2.05, 4.69) is 9.46 Å². The zero-order chi connectivity index (χ0) is 14.5. The van der Waals surface area contributed by atoms with Crippen molar-refractivity contribution in [2.24, 2.45) is 0 Å². The Kier molecular flexibility index (Phi) is 5.44. The van der Waals surface area contributed by atoms with Crippen LogP contribution in [0.3, 0.4) is 0 Å². The number of hydrogen-bond donors (Lipinski definition) is 2. The molecule has 0 aromatic heterocycles. The lowest BCUT2D eigenvalue weighted by atomic mass is 10.3. The van der Waals surface area contributed by atoms with Crippen LogP contribution in [0, 0.1) is 0 Å². The molecule has 0 radical (unpaired) electrons. The molecule has 2 N–H and O–H groups in total. The average Bonchev–Trinajstić information content (AvgIpc) is 2.34. The van der Waals surface area contributed by atoms with Gasteiger partial charge in [-0.2, -0.15) is 0 Å². The molecule has 0 amide bonds. The molecular weight excluding hydrogens is 294 g/mol. The largest absolute Gasteiger partial charge is 0.504 e. The first-order valence-corrected chi connectivity index (χ1v) is 7.43. The van der Waals surface area contributed by atoms with Crippen LogP contribution in [0.4, 0.5) is 5.69 Å². The fraction of sp³-hybridized carbons (Fsp3) is 0.364. The van der Waals surface area contributed by atoms with Crippen molar-refractivity contribution in [1.29, 1.82) is 0 Å². The van der Waals surface area contributed by atoms with Gasteiger partial charge in [-0.3, -0.25) is 9.52 Å². The number of carbonyl (C=O) groups excluding carboxylic acids is 1. The van der Waals surface area contributed by atoms with Gasteiger partial charge in [-0.25, -0.2) is 8.42 Å². The van der Waals surface area contributed by atoms with Crippen LogP contribution in [0.2, 0.25) is 5.02 Å². The van der Waals surface area contributed by atoms with E-state index in [1.807, 2.05) is 0 Å². The summed E-state index contributed by atoms with van der Waals surface area (Å²) in [6.45, 7) is 0. The van der Waals surface area contributed by atoms with Crippen molar-refractivity contribution in [3.05, 3.63) is 23.2 Å². The summed E-state index contributed by atoms with van der Waals surface area (Å²) in [4.78, 5) is 10.9. The lowest BCUT2D eigenvalue weighted by Crippen LogP contribution is -2.17. The summed E-state index contributed by atoms with van der Waals surface area (Å²) in [6.07, 6.45) is 0.141. The molecule has 1 rings (SSSR count). The summed E-state index contributed by atoms with van der Waals surface area (Å²) in [6, 6.07) is 4.33. The maximum Gasteiger partial charge on any atom is 0.305 e. The zero-order valence-electron chi connectivity index (χ0n) is 10.2. The van der Waals surface area contributed by atoms with Gasteiger partial charge in [0.1, 0.15) is 0 Å². The highest BCUT2D eigenvalue weighted by molar-refractivity contribution is 7.92. The van der Waals surface area contributed by atoms with Crippen molar-refractivity contribution >= 4 is 33.3 Å². The molecule has 1 aromatic carbocycles. The van der Waals surface area contributed by atoms with Crippen LogP contribution in [0.15, 0.2) is 18.2 Å². The van der Waals surface area contributed by atoms with Crippen molar-refractivity contribution in [2.45, 2.75) is 12.8 Å². The van der Waals surface area contributed by atoms with Crippen molar-refractivity contribution in [1.82, 2.24) is 0 Å². The Morgan fingerprint density at radius 3 is 2.79 bits per heavy atom. The van der Waals surface area contributed by atoms with Crippen LogP contribution in [-0.4, -0.2) is 32.4 Å². The smallest absolute Gasteiger partial charge is 0.305 e. The topological polar surface area (TPSA) is 92.7 Å². The normalized spacial score (nSPS) is 11.1. The van der Waals surface area contributed by atoms with E-state index in [9.17, 15) is 18.3 Å². The van der Waals surface area contributed by atoms with Gasteiger partial charge in [0.05, 0.1) is 23.6 Å². The van der Waals surface area contributed by atoms with Gasteiger partial charge < -0.3 is 9.84 Å². The summed E-state index contributed by atoms with van der Waals surface area (Å²) in [5.41, 5.74) is 0.00516. The highest BCUT2D eigenvalue weighted by Gasteiger charge is 2.15. The number of sulfonamides is 1. The Balaban J connectivity index is 2.64. The van der Waals surface area contributed by atoms with Crippen molar-refractivity contribution in [3.8, 4) is 5.75 Å². The van der Waals surface area contributed by atoms with Gasteiger partial charge in [0.2, 0.25) is 10.0 Å². The maximum absolute atomic E-state index is 11.7. The molecule has 0 heterocycles. The number of ether oxygens (including phenoxy) is 1. The summed E-state index contributed by atoms with van der Waals surface area (Å²) >= 11 is 5.66. The second kappa shape index (κ2) is 6.63. The molecule has 8 heteroatoms. The van der Waals surface area contributed by atoms with Crippen molar-refractivity contribution in [2.75, 3.05) is 17.6 Å². The molecule has 1 aromatic rings. The number of halogens is 1. The summed E-state index contributed by atoms with van der Waals surface area (Å²) in [5, 5.41) is 9.63. The number of methoxy groups -OCH3 is 1. The highest BCUT2D eigenvalue weighted by atomic mass is 35.5. The van der Waals surface area contributed by atoms with Crippen LogP contribution in [0.5, 0.6) is 5.75 Å². The van der Waals surface area contributed by atoms with Gasteiger partial charge in [0, 0.05) is 6.42 Å². The third kappa shape index (κ3) is 4.96. The Bertz CT molecular complexity index is 558. The molecular formula is C11H14ClNO5S. The minimum Gasteiger partial charge on any atom is -0.504 e. The Morgan fingerprint density at radius 1 is 1.47 bits per heavy atom. The highest BCUT2D eigenvalue weighted by Crippen LogP contribution is 2.31. The molecule has 0 bridgehead atoms. The summed E-state index contributed by atoms with van der Waals surface area (Å²) in [7, 11) is -2.42. The van der Waals surface area contributed by atoms with Crippen LogP contribution in [0.1, 0.15) is 12.8 Å².